The second kappa shape index (κ2) is 7.24. The molecule has 1 aromatic heterocycles. The fourth-order valence-corrected chi connectivity index (χ4v) is 6.11. The van der Waals surface area contributed by atoms with Gasteiger partial charge in [-0.15, -0.1) is 0 Å². The van der Waals surface area contributed by atoms with Crippen LogP contribution >= 0.6 is 0 Å². The van der Waals surface area contributed by atoms with Gasteiger partial charge in [0.05, 0.1) is 29.4 Å². The molecule has 166 valence electrons. The summed E-state index contributed by atoms with van der Waals surface area (Å²) in [7, 11) is 0. The monoisotopic (exact) mass is 441 g/mol. The Labute approximate surface area is 191 Å². The summed E-state index contributed by atoms with van der Waals surface area (Å²) in [6.07, 6.45) is 7.05. The first-order valence-electron chi connectivity index (χ1n) is 11.4. The van der Waals surface area contributed by atoms with E-state index in [1.165, 1.54) is 6.07 Å². The number of aryl methyl sites for hydroxylation is 1. The second-order valence-electron chi connectivity index (χ2n) is 9.91. The minimum absolute atomic E-state index is 0.0509. The van der Waals surface area contributed by atoms with E-state index in [9.17, 15) is 9.18 Å². The van der Waals surface area contributed by atoms with Crippen molar-refractivity contribution in [2.45, 2.75) is 45.2 Å². The molecule has 4 aliphatic rings. The number of carbonyl (C=O) groups is 1. The van der Waals surface area contributed by atoms with E-state index in [4.69, 9.17) is 5.26 Å². The van der Waals surface area contributed by atoms with E-state index in [-0.39, 0.29) is 29.1 Å². The Hall–Kier alpha value is -3.53. The first kappa shape index (κ1) is 20.1. The first-order valence-corrected chi connectivity index (χ1v) is 11.4. The van der Waals surface area contributed by atoms with Gasteiger partial charge in [-0.1, -0.05) is 12.1 Å². The number of amides is 1. The summed E-state index contributed by atoms with van der Waals surface area (Å²) in [4.78, 5) is 13.5. The molecule has 2 atom stereocenters. The van der Waals surface area contributed by atoms with Gasteiger partial charge in [0.2, 0.25) is 5.91 Å². The summed E-state index contributed by atoms with van der Waals surface area (Å²) < 4.78 is 16.2. The van der Waals surface area contributed by atoms with Gasteiger partial charge >= 0.3 is 0 Å². The van der Waals surface area contributed by atoms with Gasteiger partial charge in [-0.05, 0) is 72.9 Å². The van der Waals surface area contributed by atoms with Crippen LogP contribution in [0.15, 0.2) is 47.7 Å². The van der Waals surface area contributed by atoms with Crippen LogP contribution in [0.5, 0.6) is 0 Å². The van der Waals surface area contributed by atoms with E-state index in [1.807, 2.05) is 35.1 Å². The summed E-state index contributed by atoms with van der Waals surface area (Å²) in [6.45, 7) is 2.52. The standard InChI is InChI=1S/C26H24FN5O/c1-16-2-4-18(9-22(16)27)24-6-7-29-32(24)25(33)21-12-26(10-20(21)11-26)15-31-23-5-3-17(13-28)8-19(23)14-30-31/h2-5,7-9,14,20-21,24H,6,10-12,15H2,1H3. The number of halogens is 1. The highest BCUT2D eigenvalue weighted by atomic mass is 19.1. The molecular weight excluding hydrogens is 417 g/mol. The molecule has 6 nitrogen and oxygen atoms in total. The summed E-state index contributed by atoms with van der Waals surface area (Å²) in [5, 5.41) is 20.6. The molecule has 0 spiro atoms. The van der Waals surface area contributed by atoms with Crippen LogP contribution in [-0.4, -0.2) is 26.9 Å². The molecule has 3 aliphatic carbocycles. The van der Waals surface area contributed by atoms with Gasteiger partial charge in [0.25, 0.3) is 0 Å². The fourth-order valence-electron chi connectivity index (χ4n) is 6.11. The highest BCUT2D eigenvalue weighted by Gasteiger charge is 2.59. The summed E-state index contributed by atoms with van der Waals surface area (Å²) in [6, 6.07) is 12.8. The molecule has 0 radical (unpaired) electrons. The maximum atomic E-state index is 14.1. The Balaban J connectivity index is 1.19. The minimum atomic E-state index is -0.248. The zero-order chi connectivity index (χ0) is 22.7. The van der Waals surface area contributed by atoms with Crippen molar-refractivity contribution < 1.29 is 9.18 Å². The molecule has 7 heteroatoms. The van der Waals surface area contributed by atoms with E-state index in [2.05, 4.69) is 16.3 Å². The van der Waals surface area contributed by atoms with Gasteiger partial charge in [0.1, 0.15) is 5.82 Å². The third-order valence-corrected chi connectivity index (χ3v) is 7.82. The number of hydrogen-bond acceptors (Lipinski definition) is 4. The topological polar surface area (TPSA) is 74.3 Å². The Bertz CT molecular complexity index is 1350. The Kier molecular flexibility index (Phi) is 4.41. The lowest BCUT2D eigenvalue weighted by Crippen LogP contribution is -2.35. The average Bonchev–Trinajstić information content (AvgIpc) is 3.57. The molecule has 7 rings (SSSR count). The van der Waals surface area contributed by atoms with Crippen molar-refractivity contribution in [3.63, 3.8) is 0 Å². The number of hydrazone groups is 1. The van der Waals surface area contributed by atoms with Crippen molar-refractivity contribution in [3.05, 3.63) is 65.1 Å². The highest BCUT2D eigenvalue weighted by Crippen LogP contribution is 2.63. The summed E-state index contributed by atoms with van der Waals surface area (Å²) >= 11 is 0. The lowest BCUT2D eigenvalue weighted by Gasteiger charge is -2.38. The molecule has 2 heterocycles. The van der Waals surface area contributed by atoms with E-state index >= 15 is 0 Å². The second-order valence-corrected chi connectivity index (χ2v) is 9.91. The van der Waals surface area contributed by atoms with Crippen molar-refractivity contribution >= 4 is 23.0 Å². The predicted octanol–water partition coefficient (Wildman–Crippen LogP) is 4.73. The number of nitriles is 1. The van der Waals surface area contributed by atoms with Gasteiger partial charge in [0, 0.05) is 30.5 Å². The molecule has 2 aromatic carbocycles. The molecule has 0 N–H and O–H groups in total. The lowest BCUT2D eigenvalue weighted by molar-refractivity contribution is -0.138. The van der Waals surface area contributed by atoms with Gasteiger partial charge in [-0.2, -0.15) is 15.5 Å². The third-order valence-electron chi connectivity index (χ3n) is 7.82. The molecule has 1 amide bonds. The SMILES string of the molecule is Cc1ccc(C2CC=NN2C(=O)C2CC3(Cn4ncc5cc(C#N)ccc54)CC2C3)cc1F. The van der Waals surface area contributed by atoms with Crippen LogP contribution in [0.1, 0.15) is 48.4 Å². The maximum absolute atomic E-state index is 14.1. The van der Waals surface area contributed by atoms with Crippen LogP contribution in [0.2, 0.25) is 0 Å². The molecule has 3 fully saturated rings. The lowest BCUT2D eigenvalue weighted by atomic mass is 9.69. The van der Waals surface area contributed by atoms with Crippen LogP contribution in [0.4, 0.5) is 4.39 Å². The van der Waals surface area contributed by atoms with Gasteiger partial charge in [-0.25, -0.2) is 9.40 Å². The first-order chi connectivity index (χ1) is 16.0. The van der Waals surface area contributed by atoms with Gasteiger partial charge in [-0.3, -0.25) is 9.48 Å². The number of hydrogen-bond donors (Lipinski definition) is 0. The van der Waals surface area contributed by atoms with E-state index in [0.717, 1.165) is 42.3 Å². The van der Waals surface area contributed by atoms with Gasteiger partial charge < -0.3 is 0 Å². The van der Waals surface area contributed by atoms with Crippen molar-refractivity contribution in [2.75, 3.05) is 0 Å². The van der Waals surface area contributed by atoms with Crippen molar-refractivity contribution in [3.8, 4) is 6.07 Å². The quantitative estimate of drug-likeness (QED) is 0.587. The van der Waals surface area contributed by atoms with Crippen molar-refractivity contribution in [2.24, 2.45) is 22.4 Å². The minimum Gasteiger partial charge on any atom is -0.273 e. The van der Waals surface area contributed by atoms with Gasteiger partial charge in [0.15, 0.2) is 0 Å². The Morgan fingerprint density at radius 1 is 1.24 bits per heavy atom. The van der Waals surface area contributed by atoms with E-state index in [1.54, 1.807) is 24.2 Å². The van der Waals surface area contributed by atoms with E-state index < -0.39 is 0 Å². The molecule has 1 aliphatic heterocycles. The number of aromatic nitrogens is 2. The predicted molar refractivity (Wildman–Crippen MR) is 122 cm³/mol. The zero-order valence-electron chi connectivity index (χ0n) is 18.4. The molecule has 2 unspecified atom stereocenters. The molecule has 3 saturated carbocycles. The Morgan fingerprint density at radius 2 is 2.09 bits per heavy atom. The maximum Gasteiger partial charge on any atom is 0.246 e. The number of fused-ring (bicyclic) bond motifs is 2. The largest absolute Gasteiger partial charge is 0.273 e. The highest BCUT2D eigenvalue weighted by molar-refractivity contribution is 5.83. The zero-order valence-corrected chi connectivity index (χ0v) is 18.4. The average molecular weight is 442 g/mol. The molecule has 3 aromatic rings. The smallest absolute Gasteiger partial charge is 0.246 e. The Morgan fingerprint density at radius 3 is 2.88 bits per heavy atom. The number of benzene rings is 2. The number of nitrogens with zero attached hydrogens (tertiary/aromatic N) is 5. The molecule has 0 saturated heterocycles. The molecule has 2 bridgehead atoms. The van der Waals surface area contributed by atoms with Crippen LogP contribution < -0.4 is 0 Å². The summed E-state index contributed by atoms with van der Waals surface area (Å²) in [5.41, 5.74) is 3.12. The van der Waals surface area contributed by atoms with Crippen molar-refractivity contribution in [1.82, 2.24) is 14.8 Å². The van der Waals surface area contributed by atoms with E-state index in [0.29, 0.717) is 23.5 Å². The van der Waals surface area contributed by atoms with Crippen molar-refractivity contribution in [1.29, 1.82) is 5.26 Å². The molecular formula is C26H24FN5O. The summed E-state index contributed by atoms with van der Waals surface area (Å²) in [5.74, 6) is 0.131. The number of rotatable bonds is 4. The fraction of sp³-hybridized carbons (Fsp3) is 0.385. The van der Waals surface area contributed by atoms with Crippen LogP contribution in [-0.2, 0) is 11.3 Å². The van der Waals surface area contributed by atoms with Crippen LogP contribution in [0, 0.1) is 41.3 Å². The number of carbonyl (C=O) groups excluding carboxylic acids is 1. The van der Waals surface area contributed by atoms with Crippen LogP contribution in [0.25, 0.3) is 10.9 Å². The van der Waals surface area contributed by atoms with Crippen LogP contribution in [0.3, 0.4) is 0 Å². The third kappa shape index (κ3) is 3.16. The molecule has 33 heavy (non-hydrogen) atoms. The normalized spacial score (nSPS) is 27.7.